The minimum absolute atomic E-state index is 0.000556. The van der Waals surface area contributed by atoms with Crippen molar-refractivity contribution in [1.82, 2.24) is 4.90 Å². The maximum absolute atomic E-state index is 11.2. The topological polar surface area (TPSA) is 40.4 Å². The standard InChI is InChI=1S/C7H8N2O2S/c1-2-4-8-5(10)3-6(11)9(4)7(8)12/h4H,2-3H2,1H3/p+1. The first-order valence-corrected chi connectivity index (χ1v) is 4.31. The zero-order chi connectivity index (χ0) is 8.88. The Kier molecular flexibility index (Phi) is 1.51. The Bertz CT molecular complexity index is 311. The summed E-state index contributed by atoms with van der Waals surface area (Å²) in [6, 6.07) is 0. The molecule has 0 aromatic rings. The molecule has 1 atom stereocenters. The summed E-state index contributed by atoms with van der Waals surface area (Å²) in [7, 11) is 0. The molecule has 2 bridgehead atoms. The first kappa shape index (κ1) is 7.79. The molecule has 1 fully saturated rings. The predicted octanol–water partition coefficient (Wildman–Crippen LogP) is -0.207. The summed E-state index contributed by atoms with van der Waals surface area (Å²) < 4.78 is 1.57. The van der Waals surface area contributed by atoms with E-state index in [-0.39, 0.29) is 24.4 Å². The van der Waals surface area contributed by atoms with Crippen LogP contribution in [0.15, 0.2) is 0 Å². The molecule has 3 aliphatic rings. The Hall–Kier alpha value is -0.840. The summed E-state index contributed by atoms with van der Waals surface area (Å²) in [6.07, 6.45) is 0.702. The van der Waals surface area contributed by atoms with Crippen molar-refractivity contribution in [1.29, 1.82) is 0 Å². The number of fused-ring (bicyclic) bond motifs is 2. The number of carbonyl (C=O) groups excluding carboxylic acids is 2. The highest BCUT2D eigenvalue weighted by atomic mass is 32.1. The maximum Gasteiger partial charge on any atom is 0.327 e. The smallest absolute Gasteiger partial charge is 0.246 e. The summed E-state index contributed by atoms with van der Waals surface area (Å²) in [6.45, 7) is 1.94. The molecule has 64 valence electrons. The molecule has 1 saturated heterocycles. The summed E-state index contributed by atoms with van der Waals surface area (Å²) in [5.41, 5.74) is 0. The van der Waals surface area contributed by atoms with Gasteiger partial charge in [-0.2, -0.15) is 0 Å². The SMILES string of the molecule is CCC1N2C(=O)CC(=O)[N+]1=C2S. The fraction of sp³-hybridized carbons (Fsp3) is 0.571. The molecule has 0 radical (unpaired) electrons. The summed E-state index contributed by atoms with van der Waals surface area (Å²) in [5.74, 6) is -0.251. The van der Waals surface area contributed by atoms with Crippen molar-refractivity contribution in [3.8, 4) is 0 Å². The number of thiol groups is 1. The van der Waals surface area contributed by atoms with Gasteiger partial charge in [-0.25, -0.2) is 9.59 Å². The van der Waals surface area contributed by atoms with Gasteiger partial charge in [0, 0.05) is 6.42 Å². The number of amides is 2. The van der Waals surface area contributed by atoms with Crippen molar-refractivity contribution < 1.29 is 14.2 Å². The van der Waals surface area contributed by atoms with Gasteiger partial charge in [-0.05, 0) is 0 Å². The number of nitrogens with zero attached hydrogens (tertiary/aromatic N) is 2. The number of amidine groups is 1. The van der Waals surface area contributed by atoms with Crippen molar-refractivity contribution in [2.45, 2.75) is 25.9 Å². The van der Waals surface area contributed by atoms with Crippen LogP contribution in [0.5, 0.6) is 0 Å². The van der Waals surface area contributed by atoms with Crippen LogP contribution in [0.25, 0.3) is 0 Å². The van der Waals surface area contributed by atoms with Gasteiger partial charge in [0.2, 0.25) is 0 Å². The molecule has 0 saturated carbocycles. The lowest BCUT2D eigenvalue weighted by molar-refractivity contribution is -0.552. The van der Waals surface area contributed by atoms with E-state index in [0.29, 0.717) is 5.17 Å². The van der Waals surface area contributed by atoms with Crippen LogP contribution in [0.3, 0.4) is 0 Å². The molecule has 0 aromatic heterocycles. The monoisotopic (exact) mass is 185 g/mol. The third kappa shape index (κ3) is 0.717. The van der Waals surface area contributed by atoms with E-state index >= 15 is 0 Å². The van der Waals surface area contributed by atoms with Gasteiger partial charge in [0.15, 0.2) is 6.42 Å². The molecule has 3 rings (SSSR count). The van der Waals surface area contributed by atoms with Crippen LogP contribution in [0.4, 0.5) is 0 Å². The number of rotatable bonds is 1. The van der Waals surface area contributed by atoms with Crippen molar-refractivity contribution in [2.24, 2.45) is 0 Å². The summed E-state index contributed by atoms with van der Waals surface area (Å²) in [5, 5.41) is 0.489. The molecular formula is C7H9N2O2S+. The van der Waals surface area contributed by atoms with Crippen molar-refractivity contribution >= 4 is 29.6 Å². The van der Waals surface area contributed by atoms with Crippen LogP contribution in [0, 0.1) is 0 Å². The van der Waals surface area contributed by atoms with Crippen molar-refractivity contribution in [3.05, 3.63) is 0 Å². The van der Waals surface area contributed by atoms with Gasteiger partial charge in [-0.15, -0.1) is 9.48 Å². The van der Waals surface area contributed by atoms with Gasteiger partial charge in [0.25, 0.3) is 6.17 Å². The fourth-order valence-electron chi connectivity index (χ4n) is 1.66. The Labute approximate surface area is 75.3 Å². The highest BCUT2D eigenvalue weighted by molar-refractivity contribution is 7.96. The average molecular weight is 185 g/mol. The third-order valence-corrected chi connectivity index (χ3v) is 2.66. The Morgan fingerprint density at radius 1 is 1.67 bits per heavy atom. The molecule has 2 amide bonds. The Morgan fingerprint density at radius 3 is 2.75 bits per heavy atom. The number of carbonyl (C=O) groups is 2. The van der Waals surface area contributed by atoms with Crippen LogP contribution >= 0.6 is 12.6 Å². The van der Waals surface area contributed by atoms with Crippen LogP contribution in [0.1, 0.15) is 19.8 Å². The quantitative estimate of drug-likeness (QED) is 0.349. The lowest BCUT2D eigenvalue weighted by Crippen LogP contribution is -2.67. The van der Waals surface area contributed by atoms with Crippen LogP contribution < -0.4 is 0 Å². The first-order valence-electron chi connectivity index (χ1n) is 3.87. The van der Waals surface area contributed by atoms with Gasteiger partial charge < -0.3 is 0 Å². The highest BCUT2D eigenvalue weighted by Gasteiger charge is 2.56. The van der Waals surface area contributed by atoms with Gasteiger partial charge in [0.1, 0.15) is 0 Å². The van der Waals surface area contributed by atoms with Gasteiger partial charge >= 0.3 is 17.0 Å². The lowest BCUT2D eigenvalue weighted by atomic mass is 10.1. The van der Waals surface area contributed by atoms with E-state index < -0.39 is 0 Å². The van der Waals surface area contributed by atoms with Crippen LogP contribution in [0.2, 0.25) is 0 Å². The largest absolute Gasteiger partial charge is 0.327 e. The molecule has 5 heteroatoms. The first-order chi connectivity index (χ1) is 5.66. The second-order valence-electron chi connectivity index (χ2n) is 2.89. The summed E-state index contributed by atoms with van der Waals surface area (Å²) in [4.78, 5) is 24.0. The second-order valence-corrected chi connectivity index (χ2v) is 3.29. The van der Waals surface area contributed by atoms with Crippen molar-refractivity contribution in [3.63, 3.8) is 0 Å². The molecule has 0 aliphatic carbocycles. The van der Waals surface area contributed by atoms with E-state index in [9.17, 15) is 9.59 Å². The van der Waals surface area contributed by atoms with E-state index in [1.54, 1.807) is 9.48 Å². The lowest BCUT2D eigenvalue weighted by Gasteiger charge is -2.36. The van der Waals surface area contributed by atoms with Gasteiger partial charge in [-0.3, -0.25) is 0 Å². The molecule has 0 spiro atoms. The van der Waals surface area contributed by atoms with E-state index in [0.717, 1.165) is 6.42 Å². The van der Waals surface area contributed by atoms with Crippen molar-refractivity contribution in [2.75, 3.05) is 0 Å². The molecule has 4 nitrogen and oxygen atoms in total. The molecule has 0 N–H and O–H groups in total. The highest BCUT2D eigenvalue weighted by Crippen LogP contribution is 2.26. The predicted molar refractivity (Wildman–Crippen MR) is 44.8 cm³/mol. The molecule has 12 heavy (non-hydrogen) atoms. The maximum atomic E-state index is 11.2. The average Bonchev–Trinajstić information content (AvgIpc) is 1.98. The normalized spacial score (nSPS) is 27.8. The van der Waals surface area contributed by atoms with E-state index in [1.165, 1.54) is 0 Å². The van der Waals surface area contributed by atoms with E-state index in [1.807, 2.05) is 6.92 Å². The number of hydrogen-bond donors (Lipinski definition) is 1. The molecular weight excluding hydrogens is 176 g/mol. The van der Waals surface area contributed by atoms with Crippen LogP contribution in [-0.4, -0.2) is 32.6 Å². The molecule has 0 aromatic carbocycles. The Morgan fingerprint density at radius 2 is 2.33 bits per heavy atom. The zero-order valence-corrected chi connectivity index (χ0v) is 7.54. The number of hydrogen-bond acceptors (Lipinski definition) is 2. The molecule has 3 aliphatic heterocycles. The third-order valence-electron chi connectivity index (χ3n) is 2.23. The zero-order valence-electron chi connectivity index (χ0n) is 6.65. The second kappa shape index (κ2) is 2.32. The van der Waals surface area contributed by atoms with E-state index in [4.69, 9.17) is 0 Å². The molecule has 1 unspecified atom stereocenters. The van der Waals surface area contributed by atoms with Gasteiger partial charge in [-0.1, -0.05) is 19.6 Å². The minimum Gasteiger partial charge on any atom is -0.246 e. The van der Waals surface area contributed by atoms with Gasteiger partial charge in [0.05, 0.1) is 0 Å². The van der Waals surface area contributed by atoms with E-state index in [2.05, 4.69) is 12.6 Å². The molecule has 3 heterocycles. The van der Waals surface area contributed by atoms with Crippen LogP contribution in [-0.2, 0) is 9.59 Å². The summed E-state index contributed by atoms with van der Waals surface area (Å²) >= 11 is 4.06. The Balaban J connectivity index is 2.42. The minimum atomic E-state index is -0.126. The fourth-order valence-corrected chi connectivity index (χ4v) is 2.15.